The molecule has 0 aliphatic heterocycles. The first kappa shape index (κ1) is 16.3. The van der Waals surface area contributed by atoms with Gasteiger partial charge in [0.25, 0.3) is 5.91 Å². The van der Waals surface area contributed by atoms with E-state index in [0.717, 1.165) is 0 Å². The van der Waals surface area contributed by atoms with Gasteiger partial charge in [0.1, 0.15) is 17.0 Å². The molecule has 1 saturated carbocycles. The number of rotatable bonds is 6. The molecule has 0 atom stereocenters. The van der Waals surface area contributed by atoms with Gasteiger partial charge in [0, 0.05) is 24.7 Å². The van der Waals surface area contributed by atoms with Crippen molar-refractivity contribution in [3.05, 3.63) is 48.4 Å². The molecule has 1 aromatic carbocycles. The maximum absolute atomic E-state index is 12.8. The molecule has 1 aliphatic carbocycles. The molecule has 0 saturated heterocycles. The minimum absolute atomic E-state index is 0.316. The third kappa shape index (κ3) is 3.42. The number of pyridine rings is 1. The molecule has 4 rings (SSSR count). The van der Waals surface area contributed by atoms with Gasteiger partial charge in [0.2, 0.25) is 0 Å². The zero-order valence-electron chi connectivity index (χ0n) is 14.3. The largest absolute Gasteiger partial charge is 0.497 e. The molecule has 3 aromatic rings. The Hall–Kier alpha value is -3.22. The molecule has 0 radical (unpaired) electrons. The van der Waals surface area contributed by atoms with Crippen LogP contribution in [0.2, 0.25) is 0 Å². The van der Waals surface area contributed by atoms with Crippen molar-refractivity contribution < 1.29 is 14.3 Å². The second-order valence-corrected chi connectivity index (χ2v) is 6.15. The summed E-state index contributed by atoms with van der Waals surface area (Å²) >= 11 is 0. The summed E-state index contributed by atoms with van der Waals surface area (Å²) in [5.41, 5.74) is 1.63. The van der Waals surface area contributed by atoms with Crippen molar-refractivity contribution in [2.24, 2.45) is 5.92 Å². The maximum atomic E-state index is 12.8. The van der Waals surface area contributed by atoms with Crippen molar-refractivity contribution >= 4 is 22.8 Å². The first-order chi connectivity index (χ1) is 12.7. The quantitative estimate of drug-likeness (QED) is 0.735. The smallest absolute Gasteiger partial charge is 0.260 e. The van der Waals surface area contributed by atoms with Crippen molar-refractivity contribution in [2.45, 2.75) is 12.8 Å². The van der Waals surface area contributed by atoms with Crippen molar-refractivity contribution in [3.8, 4) is 11.5 Å². The second-order valence-electron chi connectivity index (χ2n) is 6.15. The molecule has 1 N–H and O–H groups in total. The number of benzene rings is 1. The summed E-state index contributed by atoms with van der Waals surface area (Å²) in [4.78, 5) is 25.5. The van der Waals surface area contributed by atoms with Crippen LogP contribution in [-0.4, -0.2) is 34.6 Å². The van der Waals surface area contributed by atoms with Gasteiger partial charge in [-0.2, -0.15) is 0 Å². The number of nitrogens with zero attached hydrogens (tertiary/aromatic N) is 3. The second kappa shape index (κ2) is 6.95. The average Bonchev–Trinajstić information content (AvgIpc) is 3.51. The fourth-order valence-corrected chi connectivity index (χ4v) is 2.59. The van der Waals surface area contributed by atoms with E-state index in [1.165, 1.54) is 12.8 Å². The first-order valence-corrected chi connectivity index (χ1v) is 8.42. The lowest BCUT2D eigenvalue weighted by molar-refractivity contribution is 0.102. The van der Waals surface area contributed by atoms with Crippen LogP contribution >= 0.6 is 0 Å². The lowest BCUT2D eigenvalue weighted by Crippen LogP contribution is -2.15. The molecular weight excluding hydrogens is 332 g/mol. The number of ether oxygens (including phenoxy) is 2. The zero-order chi connectivity index (χ0) is 17.9. The van der Waals surface area contributed by atoms with Gasteiger partial charge in [-0.15, -0.1) is 0 Å². The van der Waals surface area contributed by atoms with E-state index < -0.39 is 0 Å². The number of carbonyl (C=O) groups is 1. The van der Waals surface area contributed by atoms with E-state index in [1.807, 2.05) is 0 Å². The van der Waals surface area contributed by atoms with E-state index in [0.29, 0.717) is 46.4 Å². The molecule has 2 heterocycles. The monoisotopic (exact) mass is 350 g/mol. The SMILES string of the molecule is COc1ccc(C(=O)Nc2nccc3nccnc23)c(OCC2CC2)c1. The molecule has 132 valence electrons. The van der Waals surface area contributed by atoms with Crippen LogP contribution in [0.5, 0.6) is 11.5 Å². The number of anilines is 1. The number of carbonyl (C=O) groups excluding carboxylic acids is 1. The summed E-state index contributed by atoms with van der Waals surface area (Å²) in [6.45, 7) is 0.603. The van der Waals surface area contributed by atoms with Crippen LogP contribution in [0.1, 0.15) is 23.2 Å². The Balaban J connectivity index is 1.62. The lowest BCUT2D eigenvalue weighted by Gasteiger charge is -2.13. The summed E-state index contributed by atoms with van der Waals surface area (Å²) < 4.78 is 11.1. The topological polar surface area (TPSA) is 86.2 Å². The van der Waals surface area contributed by atoms with E-state index in [2.05, 4.69) is 20.3 Å². The minimum atomic E-state index is -0.316. The Morgan fingerprint density at radius 3 is 2.81 bits per heavy atom. The van der Waals surface area contributed by atoms with Gasteiger partial charge in [-0.25, -0.2) is 9.97 Å². The predicted molar refractivity (Wildman–Crippen MR) is 96.5 cm³/mol. The number of hydrogen-bond acceptors (Lipinski definition) is 6. The maximum Gasteiger partial charge on any atom is 0.260 e. The van der Waals surface area contributed by atoms with Gasteiger partial charge < -0.3 is 14.8 Å². The van der Waals surface area contributed by atoms with Gasteiger partial charge >= 0.3 is 0 Å². The van der Waals surface area contributed by atoms with Gasteiger partial charge in [0.05, 0.1) is 24.8 Å². The molecular formula is C19H18N4O3. The fourth-order valence-electron chi connectivity index (χ4n) is 2.59. The van der Waals surface area contributed by atoms with Gasteiger partial charge in [-0.3, -0.25) is 9.78 Å². The average molecular weight is 350 g/mol. The van der Waals surface area contributed by atoms with Crippen molar-refractivity contribution in [1.82, 2.24) is 15.0 Å². The Morgan fingerprint density at radius 2 is 2.00 bits per heavy atom. The molecule has 2 aromatic heterocycles. The van der Waals surface area contributed by atoms with Crippen LogP contribution < -0.4 is 14.8 Å². The third-order valence-electron chi connectivity index (χ3n) is 4.22. The number of methoxy groups -OCH3 is 1. The number of amides is 1. The van der Waals surface area contributed by atoms with Crippen LogP contribution in [0.4, 0.5) is 5.82 Å². The van der Waals surface area contributed by atoms with E-state index in [9.17, 15) is 4.79 Å². The summed E-state index contributed by atoms with van der Waals surface area (Å²) in [7, 11) is 1.58. The highest BCUT2D eigenvalue weighted by Gasteiger charge is 2.23. The van der Waals surface area contributed by atoms with Crippen LogP contribution in [0, 0.1) is 5.92 Å². The number of hydrogen-bond donors (Lipinski definition) is 1. The highest BCUT2D eigenvalue weighted by Crippen LogP contribution is 2.32. The number of aromatic nitrogens is 3. The van der Waals surface area contributed by atoms with E-state index in [1.54, 1.807) is 50.0 Å². The fraction of sp³-hybridized carbons (Fsp3) is 0.263. The minimum Gasteiger partial charge on any atom is -0.497 e. The number of fused-ring (bicyclic) bond motifs is 1. The zero-order valence-corrected chi connectivity index (χ0v) is 14.3. The summed E-state index contributed by atoms with van der Waals surface area (Å²) in [6.07, 6.45) is 7.10. The molecule has 7 heteroatoms. The van der Waals surface area contributed by atoms with Crippen LogP contribution in [-0.2, 0) is 0 Å². The van der Waals surface area contributed by atoms with Crippen molar-refractivity contribution in [3.63, 3.8) is 0 Å². The Bertz CT molecular complexity index is 951. The molecule has 1 aliphatic rings. The Kier molecular flexibility index (Phi) is 4.35. The molecule has 0 spiro atoms. The van der Waals surface area contributed by atoms with E-state index >= 15 is 0 Å². The normalized spacial score (nSPS) is 13.4. The molecule has 1 amide bonds. The van der Waals surface area contributed by atoms with Crippen LogP contribution in [0.25, 0.3) is 11.0 Å². The lowest BCUT2D eigenvalue weighted by atomic mass is 10.1. The summed E-state index contributed by atoms with van der Waals surface area (Å²) in [5.74, 6) is 1.77. The standard InChI is InChI=1S/C19H18N4O3/c1-25-13-4-5-14(16(10-13)26-11-12-2-3-12)19(24)23-18-17-15(6-7-22-18)20-8-9-21-17/h4-10,12H,2-3,11H2,1H3,(H,22,23,24). The summed E-state index contributed by atoms with van der Waals surface area (Å²) in [6, 6.07) is 6.89. The third-order valence-corrected chi connectivity index (χ3v) is 4.22. The molecule has 0 bridgehead atoms. The van der Waals surface area contributed by atoms with Gasteiger partial charge in [-0.05, 0) is 37.0 Å². The molecule has 7 nitrogen and oxygen atoms in total. The van der Waals surface area contributed by atoms with Crippen LogP contribution in [0.15, 0.2) is 42.9 Å². The Morgan fingerprint density at radius 1 is 1.15 bits per heavy atom. The van der Waals surface area contributed by atoms with E-state index in [4.69, 9.17) is 9.47 Å². The molecule has 26 heavy (non-hydrogen) atoms. The Labute approximate surface area is 150 Å². The van der Waals surface area contributed by atoms with E-state index in [-0.39, 0.29) is 5.91 Å². The van der Waals surface area contributed by atoms with Gasteiger partial charge in [0.15, 0.2) is 5.82 Å². The molecule has 0 unspecified atom stereocenters. The first-order valence-electron chi connectivity index (χ1n) is 8.42. The number of nitrogens with one attached hydrogen (secondary N) is 1. The molecule has 1 fully saturated rings. The highest BCUT2D eigenvalue weighted by molar-refractivity contribution is 6.08. The summed E-state index contributed by atoms with van der Waals surface area (Å²) in [5, 5.41) is 2.81. The van der Waals surface area contributed by atoms with Gasteiger partial charge in [-0.1, -0.05) is 0 Å². The van der Waals surface area contributed by atoms with Crippen molar-refractivity contribution in [2.75, 3.05) is 19.0 Å². The van der Waals surface area contributed by atoms with Crippen molar-refractivity contribution in [1.29, 1.82) is 0 Å². The predicted octanol–water partition coefficient (Wildman–Crippen LogP) is 3.07. The highest BCUT2D eigenvalue weighted by atomic mass is 16.5. The van der Waals surface area contributed by atoms with Crippen LogP contribution in [0.3, 0.4) is 0 Å².